The predicted molar refractivity (Wildman–Crippen MR) is 86.7 cm³/mol. The Bertz CT molecular complexity index is 355. The van der Waals surface area contributed by atoms with Crippen molar-refractivity contribution >= 4 is 11.3 Å². The number of hydrogen-bond donors (Lipinski definition) is 1. The van der Waals surface area contributed by atoms with Gasteiger partial charge in [0, 0.05) is 41.5 Å². The van der Waals surface area contributed by atoms with Crippen LogP contribution in [0.3, 0.4) is 0 Å². The van der Waals surface area contributed by atoms with Gasteiger partial charge in [-0.3, -0.25) is 4.90 Å². The Kier molecular flexibility index (Phi) is 7.05. The molecule has 0 spiro atoms. The minimum Gasteiger partial charge on any atom is -0.310 e. The first kappa shape index (κ1) is 16.7. The summed E-state index contributed by atoms with van der Waals surface area (Å²) in [5.41, 5.74) is 0. The summed E-state index contributed by atoms with van der Waals surface area (Å²) in [6.07, 6.45) is 0. The highest BCUT2D eigenvalue weighted by molar-refractivity contribution is 7.11. The quantitative estimate of drug-likeness (QED) is 0.772. The molecule has 1 N–H and O–H groups in total. The summed E-state index contributed by atoms with van der Waals surface area (Å²) in [5.74, 6) is 0.726. The van der Waals surface area contributed by atoms with Crippen LogP contribution in [0.25, 0.3) is 0 Å². The summed E-state index contributed by atoms with van der Waals surface area (Å²) in [7, 11) is 0. The Morgan fingerprint density at radius 1 is 1.05 bits per heavy atom. The molecule has 110 valence electrons. The summed E-state index contributed by atoms with van der Waals surface area (Å²) >= 11 is 1.94. The van der Waals surface area contributed by atoms with Crippen LogP contribution in [0, 0.1) is 5.92 Å². The zero-order valence-corrected chi connectivity index (χ0v) is 14.2. The van der Waals surface area contributed by atoms with Crippen LogP contribution < -0.4 is 5.32 Å². The molecule has 2 nitrogen and oxygen atoms in total. The molecule has 0 atom stereocenters. The van der Waals surface area contributed by atoms with Crippen molar-refractivity contribution in [3.8, 4) is 0 Å². The molecule has 0 unspecified atom stereocenters. The lowest BCUT2D eigenvalue weighted by atomic mass is 10.2. The maximum Gasteiger partial charge on any atom is 0.0330 e. The smallest absolute Gasteiger partial charge is 0.0330 e. The van der Waals surface area contributed by atoms with E-state index in [1.807, 2.05) is 11.3 Å². The van der Waals surface area contributed by atoms with Crippen LogP contribution in [0.1, 0.15) is 51.3 Å². The molecule has 0 aliphatic carbocycles. The van der Waals surface area contributed by atoms with Crippen molar-refractivity contribution < 1.29 is 0 Å². The van der Waals surface area contributed by atoms with Crippen LogP contribution in [0.4, 0.5) is 0 Å². The van der Waals surface area contributed by atoms with Crippen LogP contribution in [0.5, 0.6) is 0 Å². The summed E-state index contributed by atoms with van der Waals surface area (Å²) < 4.78 is 0. The van der Waals surface area contributed by atoms with E-state index in [4.69, 9.17) is 0 Å². The minimum atomic E-state index is 0.554. The Morgan fingerprint density at radius 3 is 2.21 bits per heavy atom. The summed E-state index contributed by atoms with van der Waals surface area (Å²) in [6.45, 7) is 16.8. The average Bonchev–Trinajstić information content (AvgIpc) is 2.72. The molecule has 0 amide bonds. The summed E-state index contributed by atoms with van der Waals surface area (Å²) in [4.78, 5) is 5.49. The second kappa shape index (κ2) is 8.03. The third kappa shape index (κ3) is 6.55. The van der Waals surface area contributed by atoms with Crippen LogP contribution >= 0.6 is 11.3 Å². The summed E-state index contributed by atoms with van der Waals surface area (Å²) in [6, 6.07) is 5.72. The number of hydrogen-bond acceptors (Lipinski definition) is 3. The maximum absolute atomic E-state index is 3.48. The molecule has 0 bridgehead atoms. The van der Waals surface area contributed by atoms with Crippen LogP contribution in [-0.4, -0.2) is 23.5 Å². The van der Waals surface area contributed by atoms with Crippen molar-refractivity contribution in [1.82, 2.24) is 10.2 Å². The Balaban J connectivity index is 2.55. The predicted octanol–water partition coefficient (Wildman–Crippen LogP) is 4.11. The van der Waals surface area contributed by atoms with Gasteiger partial charge in [-0.15, -0.1) is 11.3 Å². The molecule has 0 aliphatic heterocycles. The van der Waals surface area contributed by atoms with E-state index < -0.39 is 0 Å². The van der Waals surface area contributed by atoms with Crippen LogP contribution in [0.15, 0.2) is 12.1 Å². The van der Waals surface area contributed by atoms with E-state index in [2.05, 4.69) is 63.9 Å². The molecule has 1 heterocycles. The minimum absolute atomic E-state index is 0.554. The van der Waals surface area contributed by atoms with Crippen molar-refractivity contribution in [2.24, 2.45) is 5.92 Å². The Morgan fingerprint density at radius 2 is 1.68 bits per heavy atom. The maximum atomic E-state index is 3.48. The second-order valence-corrected chi connectivity index (χ2v) is 7.57. The number of rotatable bonds is 8. The molecule has 1 aromatic rings. The lowest BCUT2D eigenvalue weighted by Gasteiger charge is -2.27. The molecule has 0 aliphatic rings. The molecule has 0 radical (unpaired) electrons. The van der Waals surface area contributed by atoms with E-state index >= 15 is 0 Å². The first-order valence-corrected chi connectivity index (χ1v) is 8.25. The van der Waals surface area contributed by atoms with Gasteiger partial charge in [-0.25, -0.2) is 0 Å². The number of nitrogens with one attached hydrogen (secondary N) is 1. The standard InChI is InChI=1S/C16H30N2S/c1-12(2)10-18(14(5)6)11-16-8-7-15(19-16)9-17-13(3)4/h7-8,12-14,17H,9-11H2,1-6H3. The largest absolute Gasteiger partial charge is 0.310 e. The van der Waals surface area contributed by atoms with Gasteiger partial charge in [-0.1, -0.05) is 27.7 Å². The molecule has 0 fully saturated rings. The van der Waals surface area contributed by atoms with Gasteiger partial charge >= 0.3 is 0 Å². The molecule has 0 saturated heterocycles. The molecular formula is C16H30N2S. The fourth-order valence-corrected chi connectivity index (χ4v) is 3.03. The van der Waals surface area contributed by atoms with Crippen molar-refractivity contribution in [3.63, 3.8) is 0 Å². The molecule has 19 heavy (non-hydrogen) atoms. The van der Waals surface area contributed by atoms with Gasteiger partial charge in [0.25, 0.3) is 0 Å². The van der Waals surface area contributed by atoms with E-state index in [0.29, 0.717) is 12.1 Å². The van der Waals surface area contributed by atoms with Gasteiger partial charge in [0.15, 0.2) is 0 Å². The monoisotopic (exact) mass is 282 g/mol. The highest BCUT2D eigenvalue weighted by Gasteiger charge is 2.13. The van der Waals surface area contributed by atoms with Crippen LogP contribution in [0.2, 0.25) is 0 Å². The molecule has 0 saturated carbocycles. The van der Waals surface area contributed by atoms with Crippen molar-refractivity contribution in [2.45, 2.75) is 66.7 Å². The molecule has 1 rings (SSSR count). The lowest BCUT2D eigenvalue weighted by molar-refractivity contribution is 0.191. The Labute approximate surface area is 123 Å². The normalized spacial score (nSPS) is 12.3. The first-order valence-electron chi connectivity index (χ1n) is 7.43. The second-order valence-electron chi connectivity index (χ2n) is 6.32. The van der Waals surface area contributed by atoms with Crippen molar-refractivity contribution in [2.75, 3.05) is 6.54 Å². The fraction of sp³-hybridized carbons (Fsp3) is 0.750. The van der Waals surface area contributed by atoms with Crippen molar-refractivity contribution in [3.05, 3.63) is 21.9 Å². The molecule has 1 aromatic heterocycles. The van der Waals surface area contributed by atoms with Gasteiger partial charge in [-0.2, -0.15) is 0 Å². The van der Waals surface area contributed by atoms with E-state index in [1.165, 1.54) is 16.3 Å². The third-order valence-corrected chi connectivity index (χ3v) is 4.16. The van der Waals surface area contributed by atoms with E-state index in [-0.39, 0.29) is 0 Å². The van der Waals surface area contributed by atoms with Crippen molar-refractivity contribution in [1.29, 1.82) is 0 Å². The van der Waals surface area contributed by atoms with Gasteiger partial charge in [-0.05, 0) is 31.9 Å². The molecular weight excluding hydrogens is 252 g/mol. The van der Waals surface area contributed by atoms with Gasteiger partial charge < -0.3 is 5.32 Å². The first-order chi connectivity index (χ1) is 8.88. The van der Waals surface area contributed by atoms with Gasteiger partial charge in [0.1, 0.15) is 0 Å². The zero-order chi connectivity index (χ0) is 14.4. The highest BCUT2D eigenvalue weighted by atomic mass is 32.1. The molecule has 3 heteroatoms. The highest BCUT2D eigenvalue weighted by Crippen LogP contribution is 2.20. The average molecular weight is 282 g/mol. The van der Waals surface area contributed by atoms with E-state index in [9.17, 15) is 0 Å². The van der Waals surface area contributed by atoms with Gasteiger partial charge in [0.2, 0.25) is 0 Å². The van der Waals surface area contributed by atoms with E-state index in [0.717, 1.165) is 19.0 Å². The summed E-state index contributed by atoms with van der Waals surface area (Å²) in [5, 5.41) is 3.48. The third-order valence-electron chi connectivity index (χ3n) is 3.09. The number of thiophene rings is 1. The lowest BCUT2D eigenvalue weighted by Crippen LogP contribution is -2.33. The SMILES string of the molecule is CC(C)CN(Cc1ccc(CNC(C)C)s1)C(C)C. The van der Waals surface area contributed by atoms with E-state index in [1.54, 1.807) is 0 Å². The fourth-order valence-electron chi connectivity index (χ4n) is 2.03. The molecule has 0 aromatic carbocycles. The van der Waals surface area contributed by atoms with Gasteiger partial charge in [0.05, 0.1) is 0 Å². The Hall–Kier alpha value is -0.380. The number of nitrogens with zero attached hydrogens (tertiary/aromatic N) is 1. The zero-order valence-electron chi connectivity index (χ0n) is 13.4. The topological polar surface area (TPSA) is 15.3 Å². The van der Waals surface area contributed by atoms with Crippen LogP contribution in [-0.2, 0) is 13.1 Å².